The Kier molecular flexibility index (Phi) is 4.09. The summed E-state index contributed by atoms with van der Waals surface area (Å²) in [4.78, 5) is 4.14. The van der Waals surface area contributed by atoms with Crippen LogP contribution in [0, 0.1) is 0 Å². The zero-order valence-electron chi connectivity index (χ0n) is 10.0. The predicted molar refractivity (Wildman–Crippen MR) is 62.0 cm³/mol. The van der Waals surface area contributed by atoms with E-state index in [1.807, 2.05) is 19.2 Å². The van der Waals surface area contributed by atoms with Gasteiger partial charge in [-0.1, -0.05) is 0 Å². The number of rotatable bonds is 4. The normalized spacial score (nSPS) is 11.5. The molecule has 1 aromatic rings. The molecule has 15 heavy (non-hydrogen) atoms. The molecule has 84 valence electrons. The number of nitrogens with one attached hydrogen (secondary N) is 1. The van der Waals surface area contributed by atoms with Gasteiger partial charge >= 0.3 is 0 Å². The molecule has 0 fully saturated rings. The smallest absolute Gasteiger partial charge is 0.137 e. The molecule has 0 aliphatic heterocycles. The van der Waals surface area contributed by atoms with Crippen molar-refractivity contribution < 1.29 is 4.74 Å². The SMILES string of the molecule is CCOc1cncc(CNC(C)(C)C)c1. The summed E-state index contributed by atoms with van der Waals surface area (Å²) in [5.41, 5.74) is 1.28. The molecule has 0 saturated heterocycles. The van der Waals surface area contributed by atoms with E-state index in [1.165, 1.54) is 0 Å². The monoisotopic (exact) mass is 208 g/mol. The summed E-state index contributed by atoms with van der Waals surface area (Å²) in [6.45, 7) is 9.90. The number of pyridine rings is 1. The molecular weight excluding hydrogens is 188 g/mol. The van der Waals surface area contributed by atoms with E-state index in [-0.39, 0.29) is 5.54 Å². The standard InChI is InChI=1S/C12H20N2O/c1-5-15-11-6-10(7-13-9-11)8-14-12(2,3)4/h6-7,9,14H,5,8H2,1-4H3. The van der Waals surface area contributed by atoms with E-state index in [9.17, 15) is 0 Å². The lowest BCUT2D eigenvalue weighted by Crippen LogP contribution is -2.35. The molecule has 0 radical (unpaired) electrons. The van der Waals surface area contributed by atoms with Crippen LogP contribution in [0.3, 0.4) is 0 Å². The Morgan fingerprint density at radius 2 is 2.07 bits per heavy atom. The summed E-state index contributed by atoms with van der Waals surface area (Å²) in [5, 5.41) is 3.41. The van der Waals surface area contributed by atoms with Gasteiger partial charge in [0, 0.05) is 18.3 Å². The molecule has 0 unspecified atom stereocenters. The van der Waals surface area contributed by atoms with Crippen molar-refractivity contribution in [3.05, 3.63) is 24.0 Å². The Morgan fingerprint density at radius 1 is 1.33 bits per heavy atom. The van der Waals surface area contributed by atoms with E-state index in [0.29, 0.717) is 6.61 Å². The van der Waals surface area contributed by atoms with Crippen LogP contribution in [0.15, 0.2) is 18.5 Å². The fraction of sp³-hybridized carbons (Fsp3) is 0.583. The van der Waals surface area contributed by atoms with E-state index in [4.69, 9.17) is 4.74 Å². The summed E-state index contributed by atoms with van der Waals surface area (Å²) in [6, 6.07) is 2.02. The molecule has 3 heteroatoms. The van der Waals surface area contributed by atoms with Crippen LogP contribution in [0.1, 0.15) is 33.3 Å². The van der Waals surface area contributed by atoms with Gasteiger partial charge in [0.25, 0.3) is 0 Å². The summed E-state index contributed by atoms with van der Waals surface area (Å²) < 4.78 is 5.39. The molecule has 0 amide bonds. The van der Waals surface area contributed by atoms with Crippen molar-refractivity contribution in [1.82, 2.24) is 10.3 Å². The van der Waals surface area contributed by atoms with Crippen molar-refractivity contribution >= 4 is 0 Å². The average Bonchev–Trinajstić information content (AvgIpc) is 2.15. The van der Waals surface area contributed by atoms with E-state index < -0.39 is 0 Å². The van der Waals surface area contributed by atoms with Crippen LogP contribution in [0.5, 0.6) is 5.75 Å². The lowest BCUT2D eigenvalue weighted by Gasteiger charge is -2.20. The molecule has 0 bridgehead atoms. The topological polar surface area (TPSA) is 34.1 Å². The number of nitrogens with zero attached hydrogens (tertiary/aromatic N) is 1. The number of hydrogen-bond acceptors (Lipinski definition) is 3. The van der Waals surface area contributed by atoms with E-state index in [1.54, 1.807) is 6.20 Å². The maximum absolute atomic E-state index is 5.39. The minimum Gasteiger partial charge on any atom is -0.492 e. The van der Waals surface area contributed by atoms with Gasteiger partial charge in [-0.3, -0.25) is 4.98 Å². The van der Waals surface area contributed by atoms with Gasteiger partial charge in [0.15, 0.2) is 0 Å². The first-order valence-corrected chi connectivity index (χ1v) is 5.33. The van der Waals surface area contributed by atoms with Crippen molar-refractivity contribution in [2.75, 3.05) is 6.61 Å². The highest BCUT2D eigenvalue weighted by Crippen LogP contribution is 2.11. The molecule has 0 saturated carbocycles. The first kappa shape index (κ1) is 12.0. The fourth-order valence-electron chi connectivity index (χ4n) is 1.17. The molecule has 0 atom stereocenters. The molecule has 3 nitrogen and oxygen atoms in total. The Labute approximate surface area is 91.9 Å². The van der Waals surface area contributed by atoms with Gasteiger partial charge in [0.05, 0.1) is 12.8 Å². The Bertz CT molecular complexity index is 305. The minimum atomic E-state index is 0.127. The van der Waals surface area contributed by atoms with Crippen molar-refractivity contribution in [2.45, 2.75) is 39.8 Å². The second-order valence-electron chi connectivity index (χ2n) is 4.57. The van der Waals surface area contributed by atoms with E-state index in [0.717, 1.165) is 17.9 Å². The largest absolute Gasteiger partial charge is 0.492 e. The molecule has 1 heterocycles. The van der Waals surface area contributed by atoms with Gasteiger partial charge in [-0.15, -0.1) is 0 Å². The lowest BCUT2D eigenvalue weighted by molar-refractivity contribution is 0.338. The quantitative estimate of drug-likeness (QED) is 0.824. The molecular formula is C12H20N2O. The van der Waals surface area contributed by atoms with Gasteiger partial charge in [-0.25, -0.2) is 0 Å². The summed E-state index contributed by atoms with van der Waals surface area (Å²) in [7, 11) is 0. The minimum absolute atomic E-state index is 0.127. The van der Waals surface area contributed by atoms with Gasteiger partial charge in [0.1, 0.15) is 5.75 Å². The van der Waals surface area contributed by atoms with Crippen LogP contribution in [-0.2, 0) is 6.54 Å². The van der Waals surface area contributed by atoms with Crippen LogP contribution in [-0.4, -0.2) is 17.1 Å². The third kappa shape index (κ3) is 4.79. The van der Waals surface area contributed by atoms with Gasteiger partial charge in [-0.2, -0.15) is 0 Å². The van der Waals surface area contributed by atoms with Crippen molar-refractivity contribution in [3.8, 4) is 5.75 Å². The second kappa shape index (κ2) is 5.12. The maximum Gasteiger partial charge on any atom is 0.137 e. The fourth-order valence-corrected chi connectivity index (χ4v) is 1.17. The van der Waals surface area contributed by atoms with Crippen LogP contribution in [0.4, 0.5) is 0 Å². The molecule has 0 aliphatic rings. The van der Waals surface area contributed by atoms with Crippen molar-refractivity contribution in [1.29, 1.82) is 0 Å². The van der Waals surface area contributed by atoms with Gasteiger partial charge < -0.3 is 10.1 Å². The van der Waals surface area contributed by atoms with Gasteiger partial charge in [0.2, 0.25) is 0 Å². The highest BCUT2D eigenvalue weighted by molar-refractivity contribution is 5.23. The average molecular weight is 208 g/mol. The zero-order chi connectivity index (χ0) is 11.3. The van der Waals surface area contributed by atoms with E-state index in [2.05, 4.69) is 31.1 Å². The predicted octanol–water partition coefficient (Wildman–Crippen LogP) is 2.37. The summed E-state index contributed by atoms with van der Waals surface area (Å²) in [5.74, 6) is 0.839. The zero-order valence-corrected chi connectivity index (χ0v) is 10.0. The highest BCUT2D eigenvalue weighted by atomic mass is 16.5. The Balaban J connectivity index is 2.57. The van der Waals surface area contributed by atoms with Crippen molar-refractivity contribution in [2.24, 2.45) is 0 Å². The number of hydrogen-bond donors (Lipinski definition) is 1. The van der Waals surface area contributed by atoms with Crippen LogP contribution in [0.2, 0.25) is 0 Å². The van der Waals surface area contributed by atoms with Crippen LogP contribution >= 0.6 is 0 Å². The third-order valence-corrected chi connectivity index (χ3v) is 1.90. The lowest BCUT2D eigenvalue weighted by atomic mass is 10.1. The molecule has 0 spiro atoms. The second-order valence-corrected chi connectivity index (χ2v) is 4.57. The number of aromatic nitrogens is 1. The molecule has 1 aromatic heterocycles. The molecule has 0 aromatic carbocycles. The van der Waals surface area contributed by atoms with Crippen LogP contribution in [0.25, 0.3) is 0 Å². The Morgan fingerprint density at radius 3 is 2.67 bits per heavy atom. The molecule has 1 N–H and O–H groups in total. The maximum atomic E-state index is 5.39. The first-order chi connectivity index (χ1) is 7.01. The molecule has 0 aliphatic carbocycles. The summed E-state index contributed by atoms with van der Waals surface area (Å²) in [6.07, 6.45) is 3.60. The highest BCUT2D eigenvalue weighted by Gasteiger charge is 2.08. The van der Waals surface area contributed by atoms with E-state index >= 15 is 0 Å². The third-order valence-electron chi connectivity index (χ3n) is 1.90. The van der Waals surface area contributed by atoms with Gasteiger partial charge in [-0.05, 0) is 39.3 Å². The molecule has 1 rings (SSSR count). The first-order valence-electron chi connectivity index (χ1n) is 5.33. The number of ether oxygens (including phenoxy) is 1. The van der Waals surface area contributed by atoms with Crippen molar-refractivity contribution in [3.63, 3.8) is 0 Å². The summed E-state index contributed by atoms with van der Waals surface area (Å²) >= 11 is 0. The Hall–Kier alpha value is -1.09. The van der Waals surface area contributed by atoms with Crippen LogP contribution < -0.4 is 10.1 Å².